The molecule has 6 heteroatoms. The molecule has 0 unspecified atom stereocenters. The Hall–Kier alpha value is -2.47. The number of H-pyrrole nitrogens is 1. The molecule has 1 saturated carbocycles. The van der Waals surface area contributed by atoms with E-state index in [1.165, 1.54) is 25.7 Å². The van der Waals surface area contributed by atoms with Gasteiger partial charge >= 0.3 is 0 Å². The summed E-state index contributed by atoms with van der Waals surface area (Å²) >= 11 is 0. The number of benzene rings is 1. The predicted octanol–water partition coefficient (Wildman–Crippen LogP) is 2.20. The number of rotatable bonds is 5. The molecule has 1 fully saturated rings. The highest BCUT2D eigenvalue weighted by molar-refractivity contribution is 5.78. The van der Waals surface area contributed by atoms with Crippen LogP contribution in [0.15, 0.2) is 41.3 Å². The van der Waals surface area contributed by atoms with Crippen molar-refractivity contribution in [3.63, 3.8) is 0 Å². The second-order valence-corrected chi connectivity index (χ2v) is 6.48. The summed E-state index contributed by atoms with van der Waals surface area (Å²) in [5.74, 6) is 0. The maximum absolute atomic E-state index is 12.2. The third kappa shape index (κ3) is 3.23. The highest BCUT2D eigenvalue weighted by atomic mass is 16.1. The first-order valence-corrected chi connectivity index (χ1v) is 8.51. The maximum atomic E-state index is 12.2. The molecule has 0 spiro atoms. The number of aromatic nitrogens is 4. The van der Waals surface area contributed by atoms with Gasteiger partial charge in [0.1, 0.15) is 0 Å². The lowest BCUT2D eigenvalue weighted by Gasteiger charge is -2.09. The molecule has 2 N–H and O–H groups in total. The van der Waals surface area contributed by atoms with Crippen LogP contribution in [0.1, 0.15) is 36.9 Å². The Morgan fingerprint density at radius 2 is 2.08 bits per heavy atom. The number of hydrogen-bond acceptors (Lipinski definition) is 4. The summed E-state index contributed by atoms with van der Waals surface area (Å²) in [5, 5.41) is 12.9. The Morgan fingerprint density at radius 3 is 2.96 bits per heavy atom. The predicted molar refractivity (Wildman–Crippen MR) is 92.8 cm³/mol. The molecule has 1 aliphatic carbocycles. The van der Waals surface area contributed by atoms with Gasteiger partial charge in [0.2, 0.25) is 0 Å². The number of nitrogens with one attached hydrogen (secondary N) is 2. The van der Waals surface area contributed by atoms with E-state index in [1.807, 2.05) is 36.5 Å². The minimum absolute atomic E-state index is 0.0742. The van der Waals surface area contributed by atoms with Crippen molar-refractivity contribution in [2.75, 3.05) is 0 Å². The summed E-state index contributed by atoms with van der Waals surface area (Å²) in [4.78, 5) is 15.1. The van der Waals surface area contributed by atoms with E-state index in [2.05, 4.69) is 20.6 Å². The van der Waals surface area contributed by atoms with E-state index in [0.717, 1.165) is 23.1 Å². The summed E-state index contributed by atoms with van der Waals surface area (Å²) in [5.41, 5.74) is 2.38. The first kappa shape index (κ1) is 15.1. The molecule has 3 aromatic rings. The van der Waals surface area contributed by atoms with Crippen LogP contribution < -0.4 is 10.9 Å². The Kier molecular flexibility index (Phi) is 4.13. The SMILES string of the molecule is O=c1[nH]c2ccccc2cc1Cn1cc(CNC2CCCC2)nn1. The molecule has 0 saturated heterocycles. The van der Waals surface area contributed by atoms with Crippen LogP contribution in [0.4, 0.5) is 0 Å². The van der Waals surface area contributed by atoms with Crippen LogP contribution >= 0.6 is 0 Å². The lowest BCUT2D eigenvalue weighted by molar-refractivity contribution is 0.519. The lowest BCUT2D eigenvalue weighted by Crippen LogP contribution is -2.25. The normalized spacial score (nSPS) is 15.3. The van der Waals surface area contributed by atoms with Crippen LogP contribution in [0.5, 0.6) is 0 Å². The van der Waals surface area contributed by atoms with Crippen molar-refractivity contribution in [1.29, 1.82) is 0 Å². The Morgan fingerprint density at radius 1 is 1.25 bits per heavy atom. The summed E-state index contributed by atoms with van der Waals surface area (Å²) in [7, 11) is 0. The number of para-hydroxylation sites is 1. The Balaban J connectivity index is 1.47. The van der Waals surface area contributed by atoms with Gasteiger partial charge in [0.05, 0.1) is 18.4 Å². The zero-order valence-corrected chi connectivity index (χ0v) is 13.5. The van der Waals surface area contributed by atoms with Gasteiger partial charge < -0.3 is 10.3 Å². The second kappa shape index (κ2) is 6.57. The van der Waals surface area contributed by atoms with Crippen molar-refractivity contribution in [3.8, 4) is 0 Å². The van der Waals surface area contributed by atoms with E-state index in [9.17, 15) is 4.79 Å². The fourth-order valence-corrected chi connectivity index (χ4v) is 3.36. The van der Waals surface area contributed by atoms with Gasteiger partial charge in [-0.25, -0.2) is 4.68 Å². The van der Waals surface area contributed by atoms with E-state index in [1.54, 1.807) is 4.68 Å². The van der Waals surface area contributed by atoms with E-state index < -0.39 is 0 Å². The molecule has 4 rings (SSSR count). The first-order chi connectivity index (χ1) is 11.8. The van der Waals surface area contributed by atoms with Crippen molar-refractivity contribution in [1.82, 2.24) is 25.3 Å². The van der Waals surface area contributed by atoms with Gasteiger partial charge in [0.25, 0.3) is 5.56 Å². The highest BCUT2D eigenvalue weighted by Crippen LogP contribution is 2.17. The Bertz CT molecular complexity index is 892. The molecule has 0 atom stereocenters. The molecule has 2 aromatic heterocycles. The van der Waals surface area contributed by atoms with Gasteiger partial charge in [-0.1, -0.05) is 36.3 Å². The van der Waals surface area contributed by atoms with Crippen LogP contribution in [0.25, 0.3) is 10.9 Å². The van der Waals surface area contributed by atoms with Crippen LogP contribution in [0.3, 0.4) is 0 Å². The average molecular weight is 323 g/mol. The molecule has 0 amide bonds. The third-order valence-electron chi connectivity index (χ3n) is 4.68. The van der Waals surface area contributed by atoms with Gasteiger partial charge in [-0.15, -0.1) is 5.10 Å². The van der Waals surface area contributed by atoms with Crippen molar-refractivity contribution in [2.45, 2.75) is 44.8 Å². The minimum Gasteiger partial charge on any atom is -0.322 e. The van der Waals surface area contributed by atoms with Gasteiger partial charge in [-0.05, 0) is 30.4 Å². The lowest BCUT2D eigenvalue weighted by atomic mass is 10.1. The zero-order valence-electron chi connectivity index (χ0n) is 13.5. The fourth-order valence-electron chi connectivity index (χ4n) is 3.36. The van der Waals surface area contributed by atoms with Gasteiger partial charge in [0.15, 0.2) is 0 Å². The largest absolute Gasteiger partial charge is 0.322 e. The molecule has 2 heterocycles. The molecule has 0 radical (unpaired) electrons. The molecule has 6 nitrogen and oxygen atoms in total. The number of nitrogens with zero attached hydrogens (tertiary/aromatic N) is 3. The van der Waals surface area contributed by atoms with Crippen molar-refractivity contribution in [3.05, 3.63) is 58.1 Å². The Labute approximate surface area is 139 Å². The molecule has 0 bridgehead atoms. The monoisotopic (exact) mass is 323 g/mol. The molecular weight excluding hydrogens is 302 g/mol. The number of pyridine rings is 1. The molecule has 1 aromatic carbocycles. The minimum atomic E-state index is -0.0742. The van der Waals surface area contributed by atoms with Crippen molar-refractivity contribution < 1.29 is 0 Å². The number of fused-ring (bicyclic) bond motifs is 1. The quantitative estimate of drug-likeness (QED) is 0.755. The summed E-state index contributed by atoms with van der Waals surface area (Å²) in [6.07, 6.45) is 7.04. The molecule has 1 aliphatic rings. The van der Waals surface area contributed by atoms with Crippen LogP contribution in [0, 0.1) is 0 Å². The zero-order chi connectivity index (χ0) is 16.4. The average Bonchev–Trinajstić information content (AvgIpc) is 3.25. The number of hydrogen-bond donors (Lipinski definition) is 2. The van der Waals surface area contributed by atoms with Crippen molar-refractivity contribution in [2.24, 2.45) is 0 Å². The smallest absolute Gasteiger partial charge is 0.253 e. The van der Waals surface area contributed by atoms with E-state index in [-0.39, 0.29) is 5.56 Å². The van der Waals surface area contributed by atoms with Crippen LogP contribution in [-0.4, -0.2) is 26.0 Å². The van der Waals surface area contributed by atoms with E-state index in [4.69, 9.17) is 0 Å². The van der Waals surface area contributed by atoms with Gasteiger partial charge in [-0.3, -0.25) is 4.79 Å². The number of aromatic amines is 1. The molecular formula is C18H21N5O. The molecule has 0 aliphatic heterocycles. The third-order valence-corrected chi connectivity index (χ3v) is 4.68. The summed E-state index contributed by atoms with van der Waals surface area (Å²) in [6, 6.07) is 10.3. The van der Waals surface area contributed by atoms with E-state index in [0.29, 0.717) is 18.2 Å². The first-order valence-electron chi connectivity index (χ1n) is 8.51. The molecule has 124 valence electrons. The second-order valence-electron chi connectivity index (χ2n) is 6.48. The summed E-state index contributed by atoms with van der Waals surface area (Å²) in [6.45, 7) is 1.16. The maximum Gasteiger partial charge on any atom is 0.253 e. The summed E-state index contributed by atoms with van der Waals surface area (Å²) < 4.78 is 1.73. The van der Waals surface area contributed by atoms with Gasteiger partial charge in [0, 0.05) is 23.7 Å². The fraction of sp³-hybridized carbons (Fsp3) is 0.389. The van der Waals surface area contributed by atoms with Crippen LogP contribution in [-0.2, 0) is 13.1 Å². The van der Waals surface area contributed by atoms with E-state index >= 15 is 0 Å². The van der Waals surface area contributed by atoms with Gasteiger partial charge in [-0.2, -0.15) is 0 Å². The van der Waals surface area contributed by atoms with Crippen molar-refractivity contribution >= 4 is 10.9 Å². The highest BCUT2D eigenvalue weighted by Gasteiger charge is 2.14. The standard InChI is InChI=1S/C18H21N5O/c24-18-14(9-13-5-1-4-8-17(13)20-18)11-23-12-16(21-22-23)10-19-15-6-2-3-7-15/h1,4-5,8-9,12,15,19H,2-3,6-7,10-11H2,(H,20,24). The molecule has 24 heavy (non-hydrogen) atoms. The van der Waals surface area contributed by atoms with Crippen LogP contribution in [0.2, 0.25) is 0 Å². The topological polar surface area (TPSA) is 75.6 Å².